The first-order chi connectivity index (χ1) is 17.6. The van der Waals surface area contributed by atoms with Crippen molar-refractivity contribution in [3.63, 3.8) is 0 Å². The number of halogens is 1. The van der Waals surface area contributed by atoms with Crippen LogP contribution < -0.4 is 0 Å². The summed E-state index contributed by atoms with van der Waals surface area (Å²) in [6, 6.07) is 21.1. The molecule has 0 unspecified atom stereocenters. The third-order valence-electron chi connectivity index (χ3n) is 7.27. The average Bonchev–Trinajstić information content (AvgIpc) is 3.38. The number of hydrogen-bond acceptors (Lipinski definition) is 4. The third-order valence-corrected chi connectivity index (χ3v) is 7.27. The van der Waals surface area contributed by atoms with Crippen LogP contribution in [0.15, 0.2) is 66.7 Å². The average molecular weight is 493 g/mol. The Kier molecular flexibility index (Phi) is 9.45. The molecule has 0 radical (unpaired) electrons. The summed E-state index contributed by atoms with van der Waals surface area (Å²) in [5, 5.41) is 2.16. The van der Waals surface area contributed by atoms with E-state index in [1.165, 1.54) is 5.56 Å². The first-order valence-corrected chi connectivity index (χ1v) is 12.8. The van der Waals surface area contributed by atoms with E-state index >= 15 is 0 Å². The third kappa shape index (κ3) is 6.69. The molecule has 6 heteroatoms. The van der Waals surface area contributed by atoms with Gasteiger partial charge in [-0.3, -0.25) is 4.79 Å². The van der Waals surface area contributed by atoms with Gasteiger partial charge in [-0.05, 0) is 78.7 Å². The van der Waals surface area contributed by atoms with Crippen molar-refractivity contribution in [3.05, 3.63) is 83.7 Å². The Morgan fingerprint density at radius 3 is 2.28 bits per heavy atom. The zero-order valence-corrected chi connectivity index (χ0v) is 21.4. The molecule has 2 aliphatic rings. The molecule has 0 N–H and O–H groups in total. The Morgan fingerprint density at radius 2 is 1.58 bits per heavy atom. The van der Waals surface area contributed by atoms with Gasteiger partial charge in [-0.15, -0.1) is 0 Å². The number of carbonyl (C=O) groups is 1. The lowest BCUT2D eigenvalue weighted by Crippen LogP contribution is -2.37. The highest BCUT2D eigenvalue weighted by atomic mass is 19.1. The summed E-state index contributed by atoms with van der Waals surface area (Å²) in [5.74, 6) is 1.07. The van der Waals surface area contributed by atoms with Crippen molar-refractivity contribution in [2.75, 3.05) is 53.7 Å². The van der Waals surface area contributed by atoms with Gasteiger partial charge in [0.1, 0.15) is 12.6 Å². The summed E-state index contributed by atoms with van der Waals surface area (Å²) in [7, 11) is 3.17. The monoisotopic (exact) mass is 492 g/mol. The van der Waals surface area contributed by atoms with Crippen molar-refractivity contribution in [2.24, 2.45) is 5.92 Å². The Morgan fingerprint density at radius 1 is 0.889 bits per heavy atom. The predicted molar refractivity (Wildman–Crippen MR) is 142 cm³/mol. The van der Waals surface area contributed by atoms with Gasteiger partial charge in [0.15, 0.2) is 0 Å². The van der Waals surface area contributed by atoms with Crippen molar-refractivity contribution in [1.82, 2.24) is 9.80 Å². The lowest BCUT2D eigenvalue weighted by Gasteiger charge is -2.33. The molecule has 36 heavy (non-hydrogen) atoms. The molecule has 3 aromatic carbocycles. The molecule has 0 saturated carbocycles. The molecule has 0 bridgehead atoms. The van der Waals surface area contributed by atoms with Crippen molar-refractivity contribution in [3.8, 4) is 0 Å². The van der Waals surface area contributed by atoms with E-state index in [0.29, 0.717) is 18.6 Å². The number of benzene rings is 3. The summed E-state index contributed by atoms with van der Waals surface area (Å²) >= 11 is 0. The minimum absolute atomic E-state index is 0.161. The number of amides is 1. The molecule has 0 spiro atoms. The number of piperidine rings is 1. The van der Waals surface area contributed by atoms with E-state index in [1.807, 2.05) is 47.4 Å². The van der Waals surface area contributed by atoms with E-state index < -0.39 is 0 Å². The van der Waals surface area contributed by atoms with E-state index in [9.17, 15) is 9.18 Å². The maximum atomic E-state index is 13.2. The number of nitrogens with zero attached hydrogens (tertiary/aromatic N) is 2. The lowest BCUT2D eigenvalue weighted by molar-refractivity contribution is -0.00272. The second-order valence-electron chi connectivity index (χ2n) is 9.75. The fourth-order valence-electron chi connectivity index (χ4n) is 5.42. The van der Waals surface area contributed by atoms with Crippen LogP contribution in [-0.4, -0.2) is 69.4 Å². The second-order valence-corrected chi connectivity index (χ2v) is 9.75. The van der Waals surface area contributed by atoms with Gasteiger partial charge in [0, 0.05) is 39.4 Å². The molecule has 0 aromatic heterocycles. The molecule has 1 atom stereocenters. The van der Waals surface area contributed by atoms with Crippen molar-refractivity contribution >= 4 is 16.7 Å². The van der Waals surface area contributed by atoms with Gasteiger partial charge < -0.3 is 19.3 Å². The van der Waals surface area contributed by atoms with Crippen molar-refractivity contribution < 1.29 is 18.7 Å². The number of likely N-dealkylation sites (tertiary alicyclic amines) is 2. The number of ether oxygens (including phenoxy) is 2. The SMILES string of the molecule is COCOC.O=C(c1cccc2ccccc12)N1CC[C@H](CN2CCC(c3ccc(F)cc3)CC2)C1. The van der Waals surface area contributed by atoms with E-state index in [-0.39, 0.29) is 11.7 Å². The van der Waals surface area contributed by atoms with Gasteiger partial charge in [-0.25, -0.2) is 4.39 Å². The van der Waals surface area contributed by atoms with Crippen molar-refractivity contribution in [1.29, 1.82) is 0 Å². The predicted octanol–water partition coefficient (Wildman–Crippen LogP) is 5.56. The van der Waals surface area contributed by atoms with Crippen molar-refractivity contribution in [2.45, 2.75) is 25.2 Å². The molecule has 2 heterocycles. The lowest BCUT2D eigenvalue weighted by atomic mass is 9.89. The molecule has 2 aliphatic heterocycles. The second kappa shape index (κ2) is 12.9. The largest absolute Gasteiger partial charge is 0.359 e. The molecule has 2 saturated heterocycles. The summed E-state index contributed by atoms with van der Waals surface area (Å²) in [6.07, 6.45) is 3.32. The first kappa shape index (κ1) is 26.3. The molecule has 192 valence electrons. The first-order valence-electron chi connectivity index (χ1n) is 12.8. The van der Waals surface area contributed by atoms with Crippen LogP contribution in [0.4, 0.5) is 4.39 Å². The van der Waals surface area contributed by atoms with E-state index in [2.05, 4.69) is 26.5 Å². The molecule has 5 nitrogen and oxygen atoms in total. The van der Waals surface area contributed by atoms with Gasteiger partial charge in [0.2, 0.25) is 0 Å². The maximum absolute atomic E-state index is 13.2. The van der Waals surface area contributed by atoms with Gasteiger partial charge in [-0.1, -0.05) is 48.5 Å². The molecule has 3 aromatic rings. The molecular weight excluding hydrogens is 455 g/mol. The fraction of sp³-hybridized carbons (Fsp3) is 0.433. The molecule has 1 amide bonds. The normalized spacial score (nSPS) is 18.8. The smallest absolute Gasteiger partial charge is 0.254 e. The Hall–Kier alpha value is -2.80. The van der Waals surface area contributed by atoms with E-state index in [4.69, 9.17) is 0 Å². The zero-order valence-electron chi connectivity index (χ0n) is 21.4. The fourth-order valence-corrected chi connectivity index (χ4v) is 5.42. The van der Waals surface area contributed by atoms with Gasteiger partial charge >= 0.3 is 0 Å². The Balaban J connectivity index is 0.000000556. The van der Waals surface area contributed by atoms with Gasteiger partial charge in [0.25, 0.3) is 5.91 Å². The standard InChI is InChI=1S/C27H29FN2O.C3H8O2/c28-24-10-8-21(9-11-24)22-13-15-29(16-14-22)18-20-12-17-30(19-20)27(31)26-7-3-5-23-4-1-2-6-25(23)26;1-4-3-5-2/h1-11,20,22H,12-19H2;3H2,1-2H3/t20-;/m1./s1. The van der Waals surface area contributed by atoms with Crippen LogP contribution in [0.25, 0.3) is 10.8 Å². The topological polar surface area (TPSA) is 42.0 Å². The minimum Gasteiger partial charge on any atom is -0.359 e. The highest BCUT2D eigenvalue weighted by molar-refractivity contribution is 6.07. The van der Waals surface area contributed by atoms with Gasteiger partial charge in [-0.2, -0.15) is 0 Å². The number of hydrogen-bond donors (Lipinski definition) is 0. The minimum atomic E-state index is -0.162. The van der Waals surface area contributed by atoms with Crippen LogP contribution in [0, 0.1) is 11.7 Å². The molecule has 2 fully saturated rings. The molecule has 5 rings (SSSR count). The zero-order chi connectivity index (χ0) is 25.3. The highest BCUT2D eigenvalue weighted by Gasteiger charge is 2.30. The maximum Gasteiger partial charge on any atom is 0.254 e. The van der Waals surface area contributed by atoms with Crippen LogP contribution in [-0.2, 0) is 9.47 Å². The summed E-state index contributed by atoms with van der Waals surface area (Å²) < 4.78 is 22.1. The van der Waals surface area contributed by atoms with Crippen LogP contribution in [0.1, 0.15) is 41.1 Å². The number of rotatable bonds is 6. The Bertz CT molecular complexity index is 1110. The van der Waals surface area contributed by atoms with Gasteiger partial charge in [0.05, 0.1) is 0 Å². The molecule has 0 aliphatic carbocycles. The van der Waals surface area contributed by atoms with Crippen LogP contribution >= 0.6 is 0 Å². The number of carbonyl (C=O) groups excluding carboxylic acids is 1. The van der Waals surface area contributed by atoms with E-state index in [1.54, 1.807) is 26.4 Å². The summed E-state index contributed by atoms with van der Waals surface area (Å²) in [6.45, 7) is 5.31. The molecular formula is C30H37FN2O3. The van der Waals surface area contributed by atoms with Crippen LogP contribution in [0.3, 0.4) is 0 Å². The highest BCUT2D eigenvalue weighted by Crippen LogP contribution is 2.30. The number of methoxy groups -OCH3 is 2. The quantitative estimate of drug-likeness (QED) is 0.423. The Labute approximate surface area is 213 Å². The summed E-state index contributed by atoms with van der Waals surface area (Å²) in [5.41, 5.74) is 2.08. The summed E-state index contributed by atoms with van der Waals surface area (Å²) in [4.78, 5) is 17.8. The van der Waals surface area contributed by atoms with Crippen LogP contribution in [0.5, 0.6) is 0 Å². The van der Waals surface area contributed by atoms with Crippen LogP contribution in [0.2, 0.25) is 0 Å². The number of fused-ring (bicyclic) bond motifs is 1. The van der Waals surface area contributed by atoms with E-state index in [0.717, 1.165) is 68.3 Å².